The number of likely N-dealkylation sites (N-methyl/N-ethyl adjacent to an activating group) is 1. The van der Waals surface area contributed by atoms with Crippen LogP contribution in [0, 0.1) is 0 Å². The van der Waals surface area contributed by atoms with E-state index in [1.165, 1.54) is 12.8 Å². The van der Waals surface area contributed by atoms with Gasteiger partial charge in [-0.2, -0.15) is 0 Å². The highest BCUT2D eigenvalue weighted by molar-refractivity contribution is 9.10. The van der Waals surface area contributed by atoms with Crippen molar-refractivity contribution in [3.8, 4) is 0 Å². The zero-order valence-electron chi connectivity index (χ0n) is 11.9. The van der Waals surface area contributed by atoms with Gasteiger partial charge in [0.15, 0.2) is 0 Å². The Kier molecular flexibility index (Phi) is 4.13. The number of hydrogen-bond donors (Lipinski definition) is 0. The number of benzene rings is 1. The van der Waals surface area contributed by atoms with Gasteiger partial charge in [0.2, 0.25) is 0 Å². The van der Waals surface area contributed by atoms with Crippen LogP contribution >= 0.6 is 15.9 Å². The van der Waals surface area contributed by atoms with E-state index in [2.05, 4.69) is 32.8 Å². The summed E-state index contributed by atoms with van der Waals surface area (Å²) in [6.07, 6.45) is 4.76. The Morgan fingerprint density at radius 1 is 1.15 bits per heavy atom. The molecule has 1 aromatic carbocycles. The van der Waals surface area contributed by atoms with Gasteiger partial charge in [0.1, 0.15) is 0 Å². The van der Waals surface area contributed by atoms with Crippen molar-refractivity contribution in [2.75, 3.05) is 20.1 Å². The summed E-state index contributed by atoms with van der Waals surface area (Å²) in [4.78, 5) is 17.3. The highest BCUT2D eigenvalue weighted by atomic mass is 79.9. The molecule has 3 nitrogen and oxygen atoms in total. The molecule has 3 rings (SSSR count). The Balaban J connectivity index is 1.82. The Morgan fingerprint density at radius 2 is 1.85 bits per heavy atom. The minimum Gasteiger partial charge on any atom is -0.334 e. The quantitative estimate of drug-likeness (QED) is 0.828. The van der Waals surface area contributed by atoms with E-state index in [-0.39, 0.29) is 5.91 Å². The lowest BCUT2D eigenvalue weighted by Crippen LogP contribution is -2.47. The zero-order valence-corrected chi connectivity index (χ0v) is 13.5. The number of carbonyl (C=O) groups excluding carboxylic acids is 1. The molecule has 1 amide bonds. The average Bonchev–Trinajstić information content (AvgIpc) is 3.06. The molecule has 0 unspecified atom stereocenters. The highest BCUT2D eigenvalue weighted by Crippen LogP contribution is 2.31. The Hall–Kier alpha value is -0.870. The van der Waals surface area contributed by atoms with Crippen molar-refractivity contribution in [3.05, 3.63) is 34.3 Å². The van der Waals surface area contributed by atoms with Crippen LogP contribution in [0.15, 0.2) is 28.7 Å². The molecule has 0 aromatic heterocycles. The van der Waals surface area contributed by atoms with Gasteiger partial charge < -0.3 is 9.80 Å². The molecule has 0 saturated carbocycles. The molecule has 0 N–H and O–H groups in total. The molecule has 0 bridgehead atoms. The van der Waals surface area contributed by atoms with Gasteiger partial charge in [0.05, 0.1) is 5.56 Å². The predicted octanol–water partition coefficient (Wildman–Crippen LogP) is 3.15. The van der Waals surface area contributed by atoms with Gasteiger partial charge >= 0.3 is 0 Å². The van der Waals surface area contributed by atoms with Crippen molar-refractivity contribution in [1.29, 1.82) is 0 Å². The number of amides is 1. The van der Waals surface area contributed by atoms with Crippen LogP contribution in [0.25, 0.3) is 0 Å². The van der Waals surface area contributed by atoms with E-state index in [0.29, 0.717) is 12.1 Å². The average molecular weight is 337 g/mol. The third kappa shape index (κ3) is 2.51. The minimum atomic E-state index is 0.181. The van der Waals surface area contributed by atoms with Crippen LogP contribution in [-0.2, 0) is 0 Å². The van der Waals surface area contributed by atoms with E-state index in [9.17, 15) is 4.79 Å². The zero-order chi connectivity index (χ0) is 14.1. The first kappa shape index (κ1) is 14.1. The third-order valence-electron chi connectivity index (χ3n) is 4.69. The van der Waals surface area contributed by atoms with Crippen LogP contribution in [0.1, 0.15) is 36.0 Å². The maximum atomic E-state index is 12.8. The number of carbonyl (C=O) groups is 1. The molecule has 2 saturated heterocycles. The highest BCUT2D eigenvalue weighted by Gasteiger charge is 2.38. The van der Waals surface area contributed by atoms with E-state index in [4.69, 9.17) is 0 Å². The summed E-state index contributed by atoms with van der Waals surface area (Å²) in [5.74, 6) is 0.181. The summed E-state index contributed by atoms with van der Waals surface area (Å²) in [6.45, 7) is 2.06. The van der Waals surface area contributed by atoms with Crippen LogP contribution in [-0.4, -0.2) is 47.9 Å². The molecule has 2 aliphatic heterocycles. The molecule has 4 heteroatoms. The standard InChI is InChI=1S/C16H21BrN2O/c1-18-10-4-8-14(18)15-9-5-11-19(15)16(20)12-6-2-3-7-13(12)17/h2-3,6-7,14-15H,4-5,8-11H2,1H3/t14-,15-/m0/s1. The van der Waals surface area contributed by atoms with Crippen molar-refractivity contribution in [3.63, 3.8) is 0 Å². The fourth-order valence-corrected chi connectivity index (χ4v) is 4.11. The Bertz CT molecular complexity index is 505. The van der Waals surface area contributed by atoms with Gasteiger partial charge in [-0.1, -0.05) is 12.1 Å². The van der Waals surface area contributed by atoms with Gasteiger partial charge in [-0.05, 0) is 67.3 Å². The van der Waals surface area contributed by atoms with E-state index in [1.54, 1.807) is 0 Å². The second kappa shape index (κ2) is 5.86. The minimum absolute atomic E-state index is 0.181. The molecule has 2 heterocycles. The van der Waals surface area contributed by atoms with Crippen molar-refractivity contribution in [2.24, 2.45) is 0 Å². The molecule has 2 aliphatic rings. The molecule has 20 heavy (non-hydrogen) atoms. The molecule has 108 valence electrons. The fourth-order valence-electron chi connectivity index (χ4n) is 3.66. The van der Waals surface area contributed by atoms with E-state index in [1.807, 2.05) is 24.3 Å². The summed E-state index contributed by atoms with van der Waals surface area (Å²) in [5, 5.41) is 0. The Morgan fingerprint density at radius 3 is 2.55 bits per heavy atom. The van der Waals surface area contributed by atoms with Crippen molar-refractivity contribution in [1.82, 2.24) is 9.80 Å². The summed E-state index contributed by atoms with van der Waals surface area (Å²) >= 11 is 3.50. The van der Waals surface area contributed by atoms with E-state index in [0.717, 1.165) is 36.0 Å². The SMILES string of the molecule is CN1CCC[C@H]1[C@@H]1CCCN1C(=O)c1ccccc1Br. The predicted molar refractivity (Wildman–Crippen MR) is 83.9 cm³/mol. The second-order valence-electron chi connectivity index (χ2n) is 5.88. The molecule has 1 aromatic rings. The number of nitrogens with zero attached hydrogens (tertiary/aromatic N) is 2. The number of rotatable bonds is 2. The summed E-state index contributed by atoms with van der Waals surface area (Å²) in [5.41, 5.74) is 0.792. The molecule has 2 atom stereocenters. The maximum Gasteiger partial charge on any atom is 0.255 e. The van der Waals surface area contributed by atoms with Gasteiger partial charge in [-0.25, -0.2) is 0 Å². The normalized spacial score (nSPS) is 27.2. The van der Waals surface area contributed by atoms with Crippen LogP contribution < -0.4 is 0 Å². The molecular weight excluding hydrogens is 316 g/mol. The van der Waals surface area contributed by atoms with Gasteiger partial charge in [0.25, 0.3) is 5.91 Å². The lowest BCUT2D eigenvalue weighted by Gasteiger charge is -2.33. The van der Waals surface area contributed by atoms with E-state index < -0.39 is 0 Å². The number of likely N-dealkylation sites (tertiary alicyclic amines) is 2. The second-order valence-corrected chi connectivity index (χ2v) is 6.73. The van der Waals surface area contributed by atoms with Gasteiger partial charge in [0, 0.05) is 23.1 Å². The van der Waals surface area contributed by atoms with E-state index >= 15 is 0 Å². The lowest BCUT2D eigenvalue weighted by atomic mass is 10.0. The summed E-state index contributed by atoms with van der Waals surface area (Å²) < 4.78 is 0.899. The van der Waals surface area contributed by atoms with Crippen LogP contribution in [0.3, 0.4) is 0 Å². The first-order valence-electron chi connectivity index (χ1n) is 7.44. The van der Waals surface area contributed by atoms with Gasteiger partial charge in [-0.3, -0.25) is 4.79 Å². The molecule has 0 aliphatic carbocycles. The molecular formula is C16H21BrN2O. The molecule has 2 fully saturated rings. The Labute approximate surface area is 129 Å². The van der Waals surface area contributed by atoms with Gasteiger partial charge in [-0.15, -0.1) is 0 Å². The first-order chi connectivity index (χ1) is 9.68. The van der Waals surface area contributed by atoms with Crippen LogP contribution in [0.2, 0.25) is 0 Å². The van der Waals surface area contributed by atoms with Crippen molar-refractivity contribution >= 4 is 21.8 Å². The van der Waals surface area contributed by atoms with Crippen LogP contribution in [0.4, 0.5) is 0 Å². The summed E-state index contributed by atoms with van der Waals surface area (Å²) in [7, 11) is 2.19. The molecule has 0 spiro atoms. The maximum absolute atomic E-state index is 12.8. The number of halogens is 1. The third-order valence-corrected chi connectivity index (χ3v) is 5.38. The first-order valence-corrected chi connectivity index (χ1v) is 8.23. The lowest BCUT2D eigenvalue weighted by molar-refractivity contribution is 0.0663. The smallest absolute Gasteiger partial charge is 0.255 e. The summed E-state index contributed by atoms with van der Waals surface area (Å²) in [6, 6.07) is 8.68. The van der Waals surface area contributed by atoms with Crippen molar-refractivity contribution in [2.45, 2.75) is 37.8 Å². The fraction of sp³-hybridized carbons (Fsp3) is 0.562. The van der Waals surface area contributed by atoms with Crippen molar-refractivity contribution < 1.29 is 4.79 Å². The van der Waals surface area contributed by atoms with Crippen LogP contribution in [0.5, 0.6) is 0 Å². The number of hydrogen-bond acceptors (Lipinski definition) is 2. The largest absolute Gasteiger partial charge is 0.334 e. The monoisotopic (exact) mass is 336 g/mol. The topological polar surface area (TPSA) is 23.6 Å². The molecule has 0 radical (unpaired) electrons.